The predicted molar refractivity (Wildman–Crippen MR) is 55.8 cm³/mol. The predicted octanol–water partition coefficient (Wildman–Crippen LogP) is 0.771. The summed E-state index contributed by atoms with van der Waals surface area (Å²) < 4.78 is 13.1. The van der Waals surface area contributed by atoms with E-state index in [4.69, 9.17) is 10.8 Å². The maximum Gasteiger partial charge on any atom is 0.222 e. The fourth-order valence-electron chi connectivity index (χ4n) is 1.11. The lowest BCUT2D eigenvalue weighted by molar-refractivity contribution is 0.183. The highest BCUT2D eigenvalue weighted by Crippen LogP contribution is 2.10. The largest absolute Gasteiger partial charge is 0.393 e. The van der Waals surface area contributed by atoms with Gasteiger partial charge in [-0.25, -0.2) is 9.37 Å². The van der Waals surface area contributed by atoms with Crippen LogP contribution in [-0.4, -0.2) is 27.7 Å². The van der Waals surface area contributed by atoms with Crippen LogP contribution < -0.4 is 11.1 Å². The third-order valence-electron chi connectivity index (χ3n) is 1.85. The lowest BCUT2D eigenvalue weighted by Gasteiger charge is -2.07. The number of aliphatic hydroxyl groups excluding tert-OH is 1. The van der Waals surface area contributed by atoms with Crippen molar-refractivity contribution < 1.29 is 9.50 Å². The summed E-state index contributed by atoms with van der Waals surface area (Å²) in [6.07, 6.45) is 2.09. The Morgan fingerprint density at radius 1 is 1.67 bits per heavy atom. The van der Waals surface area contributed by atoms with Gasteiger partial charge < -0.3 is 16.2 Å². The monoisotopic (exact) mass is 214 g/mol. The van der Waals surface area contributed by atoms with Crippen molar-refractivity contribution in [1.82, 2.24) is 9.97 Å². The van der Waals surface area contributed by atoms with Crippen LogP contribution in [0.1, 0.15) is 19.8 Å². The smallest absolute Gasteiger partial charge is 0.222 e. The standard InChI is InChI=1S/C9H15FN4O/c1-6(15)3-2-4-12-8-7(10)5-13-9(11)14-8/h5-6,15H,2-4H2,1H3,(H3,11,12,13,14). The van der Waals surface area contributed by atoms with Crippen molar-refractivity contribution >= 4 is 11.8 Å². The molecule has 1 unspecified atom stereocenters. The van der Waals surface area contributed by atoms with E-state index in [0.717, 1.165) is 12.6 Å². The summed E-state index contributed by atoms with van der Waals surface area (Å²) in [5, 5.41) is 11.8. The SMILES string of the molecule is CC(O)CCCNc1nc(N)ncc1F. The summed E-state index contributed by atoms with van der Waals surface area (Å²) in [5.74, 6) is -0.385. The zero-order chi connectivity index (χ0) is 11.3. The molecule has 1 rings (SSSR count). The van der Waals surface area contributed by atoms with E-state index in [1.54, 1.807) is 6.92 Å². The Hall–Kier alpha value is -1.43. The number of nitrogens with one attached hydrogen (secondary N) is 1. The topological polar surface area (TPSA) is 84.1 Å². The van der Waals surface area contributed by atoms with Gasteiger partial charge in [0.1, 0.15) is 0 Å². The summed E-state index contributed by atoms with van der Waals surface area (Å²) >= 11 is 0. The molecule has 1 heterocycles. The van der Waals surface area contributed by atoms with Crippen LogP contribution in [0.5, 0.6) is 0 Å². The highest BCUT2D eigenvalue weighted by Gasteiger charge is 2.04. The molecule has 1 atom stereocenters. The highest BCUT2D eigenvalue weighted by atomic mass is 19.1. The molecular weight excluding hydrogens is 199 g/mol. The van der Waals surface area contributed by atoms with Gasteiger partial charge in [-0.1, -0.05) is 0 Å². The highest BCUT2D eigenvalue weighted by molar-refractivity contribution is 5.38. The second kappa shape index (κ2) is 5.45. The first-order valence-corrected chi connectivity index (χ1v) is 4.79. The van der Waals surface area contributed by atoms with Crippen molar-refractivity contribution in [2.24, 2.45) is 0 Å². The quantitative estimate of drug-likeness (QED) is 0.630. The maximum atomic E-state index is 13.1. The summed E-state index contributed by atoms with van der Waals surface area (Å²) in [6.45, 7) is 2.25. The molecule has 0 aliphatic rings. The van der Waals surface area contributed by atoms with Gasteiger partial charge in [-0.15, -0.1) is 0 Å². The Balaban J connectivity index is 2.40. The van der Waals surface area contributed by atoms with Gasteiger partial charge in [0.2, 0.25) is 5.95 Å². The average Bonchev–Trinajstić information content (AvgIpc) is 2.17. The molecule has 0 saturated heterocycles. The van der Waals surface area contributed by atoms with Crippen molar-refractivity contribution in [2.45, 2.75) is 25.9 Å². The average molecular weight is 214 g/mol. The molecular formula is C9H15FN4O. The van der Waals surface area contributed by atoms with Crippen LogP contribution in [0.3, 0.4) is 0 Å². The van der Waals surface area contributed by atoms with Crippen LogP contribution in [-0.2, 0) is 0 Å². The number of aliphatic hydroxyl groups is 1. The Kier molecular flexibility index (Phi) is 4.23. The van der Waals surface area contributed by atoms with Crippen molar-refractivity contribution in [3.8, 4) is 0 Å². The molecule has 4 N–H and O–H groups in total. The number of aromatic nitrogens is 2. The molecule has 0 aromatic carbocycles. The van der Waals surface area contributed by atoms with E-state index in [0.29, 0.717) is 13.0 Å². The second-order valence-electron chi connectivity index (χ2n) is 3.34. The molecule has 0 bridgehead atoms. The minimum Gasteiger partial charge on any atom is -0.393 e. The normalized spacial score (nSPS) is 12.5. The molecule has 0 aliphatic heterocycles. The molecule has 15 heavy (non-hydrogen) atoms. The molecule has 1 aromatic rings. The second-order valence-corrected chi connectivity index (χ2v) is 3.34. The van der Waals surface area contributed by atoms with E-state index in [2.05, 4.69) is 15.3 Å². The molecule has 0 saturated carbocycles. The molecule has 1 aromatic heterocycles. The Labute approximate surface area is 87.5 Å². The first-order valence-electron chi connectivity index (χ1n) is 4.79. The molecule has 0 spiro atoms. The summed E-state index contributed by atoms with van der Waals surface area (Å²) in [5.41, 5.74) is 5.31. The lowest BCUT2D eigenvalue weighted by atomic mass is 10.2. The number of hydrogen-bond acceptors (Lipinski definition) is 5. The lowest BCUT2D eigenvalue weighted by Crippen LogP contribution is -2.10. The summed E-state index contributed by atoms with van der Waals surface area (Å²) in [7, 11) is 0. The molecule has 0 aliphatic carbocycles. The van der Waals surface area contributed by atoms with Crippen molar-refractivity contribution in [3.05, 3.63) is 12.0 Å². The van der Waals surface area contributed by atoms with Gasteiger partial charge in [0.15, 0.2) is 11.6 Å². The van der Waals surface area contributed by atoms with E-state index in [9.17, 15) is 4.39 Å². The number of anilines is 2. The van der Waals surface area contributed by atoms with Gasteiger partial charge in [-0.3, -0.25) is 0 Å². The van der Waals surface area contributed by atoms with E-state index >= 15 is 0 Å². The molecule has 0 amide bonds. The first kappa shape index (κ1) is 11.6. The number of rotatable bonds is 5. The maximum absolute atomic E-state index is 13.1. The zero-order valence-electron chi connectivity index (χ0n) is 8.57. The number of hydrogen-bond donors (Lipinski definition) is 3. The molecule has 0 radical (unpaired) electrons. The Bertz CT molecular complexity index is 319. The minimum absolute atomic E-state index is 0.0365. The van der Waals surface area contributed by atoms with Gasteiger partial charge in [0.25, 0.3) is 0 Å². The number of nitrogens with zero attached hydrogens (tertiary/aromatic N) is 2. The summed E-state index contributed by atoms with van der Waals surface area (Å²) in [4.78, 5) is 7.21. The third-order valence-corrected chi connectivity index (χ3v) is 1.85. The first-order chi connectivity index (χ1) is 7.09. The Morgan fingerprint density at radius 2 is 2.40 bits per heavy atom. The van der Waals surface area contributed by atoms with Gasteiger partial charge in [0.05, 0.1) is 12.3 Å². The molecule has 5 nitrogen and oxygen atoms in total. The fourth-order valence-corrected chi connectivity index (χ4v) is 1.11. The molecule has 6 heteroatoms. The van der Waals surface area contributed by atoms with Crippen LogP contribution in [0.2, 0.25) is 0 Å². The van der Waals surface area contributed by atoms with E-state index < -0.39 is 5.82 Å². The van der Waals surface area contributed by atoms with E-state index in [1.807, 2.05) is 0 Å². The van der Waals surface area contributed by atoms with Crippen LogP contribution in [0.15, 0.2) is 6.20 Å². The fraction of sp³-hybridized carbons (Fsp3) is 0.556. The van der Waals surface area contributed by atoms with Crippen LogP contribution in [0.4, 0.5) is 16.2 Å². The van der Waals surface area contributed by atoms with Gasteiger partial charge in [0, 0.05) is 6.54 Å². The molecule has 84 valence electrons. The van der Waals surface area contributed by atoms with Crippen molar-refractivity contribution in [2.75, 3.05) is 17.6 Å². The minimum atomic E-state index is -0.527. The number of nitrogen functional groups attached to an aromatic ring is 1. The van der Waals surface area contributed by atoms with Gasteiger partial charge in [-0.2, -0.15) is 4.98 Å². The van der Waals surface area contributed by atoms with Crippen LogP contribution in [0, 0.1) is 5.82 Å². The van der Waals surface area contributed by atoms with E-state index in [-0.39, 0.29) is 17.9 Å². The van der Waals surface area contributed by atoms with Crippen LogP contribution >= 0.6 is 0 Å². The number of nitrogens with two attached hydrogens (primary N) is 1. The van der Waals surface area contributed by atoms with Crippen molar-refractivity contribution in [3.63, 3.8) is 0 Å². The van der Waals surface area contributed by atoms with Crippen LogP contribution in [0.25, 0.3) is 0 Å². The van der Waals surface area contributed by atoms with Gasteiger partial charge >= 0.3 is 0 Å². The Morgan fingerprint density at radius 3 is 3.07 bits per heavy atom. The number of halogens is 1. The van der Waals surface area contributed by atoms with E-state index in [1.165, 1.54) is 0 Å². The molecule has 0 fully saturated rings. The van der Waals surface area contributed by atoms with Gasteiger partial charge in [-0.05, 0) is 19.8 Å². The third kappa shape index (κ3) is 4.07. The zero-order valence-corrected chi connectivity index (χ0v) is 8.57. The summed E-state index contributed by atoms with van der Waals surface area (Å²) in [6, 6.07) is 0. The van der Waals surface area contributed by atoms with Crippen molar-refractivity contribution in [1.29, 1.82) is 0 Å².